The molecule has 0 aromatic heterocycles. The van der Waals surface area contributed by atoms with Gasteiger partial charge in [0, 0.05) is 13.1 Å². The monoisotopic (exact) mass is 408 g/mol. The molecular weight excluding hydrogens is 380 g/mol. The van der Waals surface area contributed by atoms with E-state index in [9.17, 15) is 19.2 Å². The molecule has 6 heteroatoms. The number of carbonyl (C=O) groups excluding carboxylic acids is 4. The molecule has 0 aromatic rings. The molecular formula is C24H28N2O4. The standard InChI is InChI=1S/C24H28N2O4/c27-21-17-13-5-6-14(11-13)18(17)22(28)25(21)9-3-1-2-4-10-26-23(29)19-15-7-8-16(12-15)20(19)24(26)30/h5-8,13-20H,1-4,9-12H2/t13-,14-,15-,16+,17-,18+,19+,20+/m0/s1. The lowest BCUT2D eigenvalue weighted by Crippen LogP contribution is -2.34. The third-order valence-corrected chi connectivity index (χ3v) is 8.64. The van der Waals surface area contributed by atoms with Crippen LogP contribution in [0.2, 0.25) is 0 Å². The fourth-order valence-electron chi connectivity index (χ4n) is 7.26. The van der Waals surface area contributed by atoms with E-state index in [1.807, 2.05) is 0 Å². The van der Waals surface area contributed by atoms with E-state index >= 15 is 0 Å². The first kappa shape index (κ1) is 18.5. The summed E-state index contributed by atoms with van der Waals surface area (Å²) in [6.45, 7) is 1.01. The quantitative estimate of drug-likeness (QED) is 0.368. The van der Waals surface area contributed by atoms with E-state index < -0.39 is 0 Å². The number of amides is 4. The maximum atomic E-state index is 12.7. The second kappa shape index (κ2) is 6.63. The number of hydrogen-bond acceptors (Lipinski definition) is 4. The Hall–Kier alpha value is -2.24. The molecule has 30 heavy (non-hydrogen) atoms. The zero-order chi connectivity index (χ0) is 20.6. The van der Waals surface area contributed by atoms with E-state index in [-0.39, 0.29) is 71.0 Å². The molecule has 4 amide bonds. The summed E-state index contributed by atoms with van der Waals surface area (Å²) in [6, 6.07) is 0. The van der Waals surface area contributed by atoms with Crippen LogP contribution in [0.15, 0.2) is 24.3 Å². The molecule has 2 heterocycles. The van der Waals surface area contributed by atoms with Crippen molar-refractivity contribution in [2.75, 3.05) is 13.1 Å². The molecule has 2 aliphatic heterocycles. The number of fused-ring (bicyclic) bond motifs is 10. The van der Waals surface area contributed by atoms with Gasteiger partial charge in [-0.05, 0) is 49.4 Å². The van der Waals surface area contributed by atoms with Crippen LogP contribution in [-0.4, -0.2) is 46.5 Å². The largest absolute Gasteiger partial charge is 0.282 e. The molecule has 6 rings (SSSR count). The van der Waals surface area contributed by atoms with Gasteiger partial charge in [0.15, 0.2) is 0 Å². The number of allylic oxidation sites excluding steroid dienone is 4. The van der Waals surface area contributed by atoms with Crippen LogP contribution >= 0.6 is 0 Å². The van der Waals surface area contributed by atoms with Crippen LogP contribution in [0.4, 0.5) is 0 Å². The fraction of sp³-hybridized carbons (Fsp3) is 0.667. The lowest BCUT2D eigenvalue weighted by molar-refractivity contribution is -0.142. The lowest BCUT2D eigenvalue weighted by Gasteiger charge is -2.18. The van der Waals surface area contributed by atoms with Crippen molar-refractivity contribution in [3.8, 4) is 0 Å². The van der Waals surface area contributed by atoms with Crippen LogP contribution in [0.1, 0.15) is 38.5 Å². The highest BCUT2D eigenvalue weighted by molar-refractivity contribution is 6.07. The summed E-state index contributed by atoms with van der Waals surface area (Å²) in [6.07, 6.45) is 13.8. The topological polar surface area (TPSA) is 74.8 Å². The third kappa shape index (κ3) is 2.42. The van der Waals surface area contributed by atoms with Gasteiger partial charge in [-0.2, -0.15) is 0 Å². The Balaban J connectivity index is 0.954. The maximum Gasteiger partial charge on any atom is 0.233 e. The lowest BCUT2D eigenvalue weighted by atomic mass is 9.85. The third-order valence-electron chi connectivity index (χ3n) is 8.64. The first-order valence-electron chi connectivity index (χ1n) is 11.6. The van der Waals surface area contributed by atoms with Gasteiger partial charge in [-0.3, -0.25) is 29.0 Å². The van der Waals surface area contributed by atoms with Crippen LogP contribution in [0.3, 0.4) is 0 Å². The van der Waals surface area contributed by atoms with Crippen molar-refractivity contribution in [2.45, 2.75) is 38.5 Å². The maximum absolute atomic E-state index is 12.7. The number of hydrogen-bond donors (Lipinski definition) is 0. The number of rotatable bonds is 7. The zero-order valence-corrected chi connectivity index (χ0v) is 17.1. The summed E-state index contributed by atoms with van der Waals surface area (Å²) in [5.41, 5.74) is 0. The Morgan fingerprint density at radius 2 is 0.833 bits per heavy atom. The fourth-order valence-corrected chi connectivity index (χ4v) is 7.26. The Kier molecular flexibility index (Phi) is 4.09. The van der Waals surface area contributed by atoms with Crippen molar-refractivity contribution in [2.24, 2.45) is 47.3 Å². The van der Waals surface area contributed by atoms with Crippen molar-refractivity contribution < 1.29 is 19.2 Å². The predicted octanol–water partition coefficient (Wildman–Crippen LogP) is 2.16. The molecule has 0 spiro atoms. The van der Waals surface area contributed by atoms with Crippen molar-refractivity contribution in [3.05, 3.63) is 24.3 Å². The first-order valence-corrected chi connectivity index (χ1v) is 11.6. The first-order chi connectivity index (χ1) is 14.6. The highest BCUT2D eigenvalue weighted by atomic mass is 16.2. The summed E-state index contributed by atoms with van der Waals surface area (Å²) in [4.78, 5) is 53.8. The van der Waals surface area contributed by atoms with E-state index in [2.05, 4.69) is 24.3 Å². The highest BCUT2D eigenvalue weighted by Gasteiger charge is 2.60. The molecule has 158 valence electrons. The normalized spacial score (nSPS) is 42.4. The molecule has 0 N–H and O–H groups in total. The van der Waals surface area contributed by atoms with Gasteiger partial charge in [-0.1, -0.05) is 37.1 Å². The van der Waals surface area contributed by atoms with Crippen LogP contribution in [0.25, 0.3) is 0 Å². The van der Waals surface area contributed by atoms with Gasteiger partial charge < -0.3 is 0 Å². The summed E-state index contributed by atoms with van der Waals surface area (Å²) < 4.78 is 0. The van der Waals surface area contributed by atoms with Crippen LogP contribution < -0.4 is 0 Å². The molecule has 4 aliphatic carbocycles. The molecule has 6 nitrogen and oxygen atoms in total. The van der Waals surface area contributed by atoms with Gasteiger partial charge in [0.1, 0.15) is 0 Å². The van der Waals surface area contributed by atoms with Crippen molar-refractivity contribution in [3.63, 3.8) is 0 Å². The molecule has 6 aliphatic rings. The van der Waals surface area contributed by atoms with Gasteiger partial charge in [0.25, 0.3) is 0 Å². The van der Waals surface area contributed by atoms with Gasteiger partial charge in [0.2, 0.25) is 23.6 Å². The van der Waals surface area contributed by atoms with Gasteiger partial charge in [-0.15, -0.1) is 0 Å². The van der Waals surface area contributed by atoms with E-state index in [1.54, 1.807) is 0 Å². The predicted molar refractivity (Wildman–Crippen MR) is 107 cm³/mol. The smallest absolute Gasteiger partial charge is 0.233 e. The Morgan fingerprint density at radius 1 is 0.533 bits per heavy atom. The second-order valence-corrected chi connectivity index (χ2v) is 10.1. The van der Waals surface area contributed by atoms with Gasteiger partial charge in [0.05, 0.1) is 23.7 Å². The Morgan fingerprint density at radius 3 is 1.13 bits per heavy atom. The number of carbonyl (C=O) groups is 4. The summed E-state index contributed by atoms with van der Waals surface area (Å²) in [5, 5.41) is 0. The van der Waals surface area contributed by atoms with Crippen molar-refractivity contribution in [1.82, 2.24) is 9.80 Å². The minimum absolute atomic E-state index is 0.0323. The molecule has 8 atom stereocenters. The van der Waals surface area contributed by atoms with E-state index in [4.69, 9.17) is 0 Å². The minimum Gasteiger partial charge on any atom is -0.282 e. The van der Waals surface area contributed by atoms with Gasteiger partial charge in [-0.25, -0.2) is 0 Å². The minimum atomic E-state index is -0.107. The molecule has 2 saturated carbocycles. The molecule has 0 aromatic carbocycles. The van der Waals surface area contributed by atoms with Crippen LogP contribution in [0.5, 0.6) is 0 Å². The second-order valence-electron chi connectivity index (χ2n) is 10.1. The number of nitrogens with zero attached hydrogens (tertiary/aromatic N) is 2. The van der Waals surface area contributed by atoms with E-state index in [1.165, 1.54) is 9.80 Å². The number of likely N-dealkylation sites (tertiary alicyclic amines) is 2. The summed E-state index contributed by atoms with van der Waals surface area (Å²) in [7, 11) is 0. The Bertz CT molecular complexity index is 760. The van der Waals surface area contributed by atoms with Crippen molar-refractivity contribution in [1.29, 1.82) is 0 Å². The van der Waals surface area contributed by atoms with Crippen LogP contribution in [0, 0.1) is 47.3 Å². The molecule has 0 radical (unpaired) electrons. The zero-order valence-electron chi connectivity index (χ0n) is 17.1. The van der Waals surface area contributed by atoms with Crippen molar-refractivity contribution >= 4 is 23.6 Å². The van der Waals surface area contributed by atoms with Gasteiger partial charge >= 0.3 is 0 Å². The highest BCUT2D eigenvalue weighted by Crippen LogP contribution is 2.53. The molecule has 2 saturated heterocycles. The average molecular weight is 408 g/mol. The SMILES string of the molecule is O=C1[C@@H]2[C@H](C(=O)N1CCCCCCN1C(=O)[C@H]3[C@H](C1=O)[C@H]1C=C[C@@H]3C1)[C@H]1C=C[C@H]2C1. The number of imide groups is 2. The Labute approximate surface area is 176 Å². The van der Waals surface area contributed by atoms with Crippen LogP contribution in [-0.2, 0) is 19.2 Å². The summed E-state index contributed by atoms with van der Waals surface area (Å²) >= 11 is 0. The average Bonchev–Trinajstić information content (AvgIpc) is 3.56. The van der Waals surface area contributed by atoms with E-state index in [0.717, 1.165) is 38.5 Å². The molecule has 4 bridgehead atoms. The molecule has 0 unspecified atom stereocenters. The van der Waals surface area contributed by atoms with E-state index in [0.29, 0.717) is 13.1 Å². The molecule has 4 fully saturated rings. The summed E-state index contributed by atoms with van der Waals surface area (Å²) in [5.74, 6) is 0.762. The number of unbranched alkanes of at least 4 members (excludes halogenated alkanes) is 3.